The van der Waals surface area contributed by atoms with E-state index in [1.807, 2.05) is 0 Å². The largest absolute Gasteiger partial charge is 0.477 e. The maximum atomic E-state index is 12.3. The van der Waals surface area contributed by atoms with Gasteiger partial charge in [0.1, 0.15) is 5.75 Å². The van der Waals surface area contributed by atoms with Crippen molar-refractivity contribution >= 4 is 5.65 Å². The number of ether oxygens (including phenoxy) is 2. The Balaban J connectivity index is 1.41. The standard InChI is InChI=1S/C20H18F2N4O2/c21-20(22)28-16-5-3-13(4-6-16)19-25-24-17-9-23-10-18(26(17)19)27-11-15-8-12-1-2-14(15)7-12/h1-6,9-10,12,14-15,20H,7-8,11H2/t12-,14+,15?/m0/s1. The molecule has 2 bridgehead atoms. The molecule has 0 amide bonds. The summed E-state index contributed by atoms with van der Waals surface area (Å²) in [7, 11) is 0. The number of allylic oxidation sites excluding steroid dienone is 2. The van der Waals surface area contributed by atoms with Crippen LogP contribution in [0.5, 0.6) is 11.6 Å². The summed E-state index contributed by atoms with van der Waals surface area (Å²) in [6.45, 7) is -2.24. The van der Waals surface area contributed by atoms with Crippen LogP contribution >= 0.6 is 0 Å². The number of alkyl halides is 2. The molecule has 5 rings (SSSR count). The van der Waals surface area contributed by atoms with Gasteiger partial charge < -0.3 is 9.47 Å². The third-order valence-electron chi connectivity index (χ3n) is 5.48. The van der Waals surface area contributed by atoms with E-state index in [0.717, 1.165) is 6.42 Å². The SMILES string of the molecule is FC(F)Oc1ccc(-c2nnc3cncc(OCC4C[C@H]5C=C[C@@H]4C5)n23)cc1. The third kappa shape index (κ3) is 3.08. The van der Waals surface area contributed by atoms with Gasteiger partial charge in [0.15, 0.2) is 11.5 Å². The van der Waals surface area contributed by atoms with Gasteiger partial charge in [-0.05, 0) is 54.9 Å². The van der Waals surface area contributed by atoms with Gasteiger partial charge in [-0.25, -0.2) is 4.40 Å². The maximum absolute atomic E-state index is 12.3. The molecule has 2 aliphatic carbocycles. The predicted molar refractivity (Wildman–Crippen MR) is 97.2 cm³/mol. The van der Waals surface area contributed by atoms with E-state index in [1.165, 1.54) is 18.6 Å². The van der Waals surface area contributed by atoms with Crippen LogP contribution in [-0.2, 0) is 0 Å². The molecule has 1 saturated carbocycles. The quantitative estimate of drug-likeness (QED) is 0.602. The molecule has 6 nitrogen and oxygen atoms in total. The summed E-state index contributed by atoms with van der Waals surface area (Å²) in [5.41, 5.74) is 1.28. The summed E-state index contributed by atoms with van der Waals surface area (Å²) in [4.78, 5) is 4.19. The van der Waals surface area contributed by atoms with Gasteiger partial charge in [-0.2, -0.15) is 8.78 Å². The van der Waals surface area contributed by atoms with Gasteiger partial charge >= 0.3 is 6.61 Å². The third-order valence-corrected chi connectivity index (χ3v) is 5.48. The molecule has 2 aliphatic rings. The van der Waals surface area contributed by atoms with Gasteiger partial charge in [0, 0.05) is 5.56 Å². The van der Waals surface area contributed by atoms with E-state index in [9.17, 15) is 8.78 Å². The van der Waals surface area contributed by atoms with Gasteiger partial charge in [0.25, 0.3) is 0 Å². The zero-order valence-electron chi connectivity index (χ0n) is 14.9. The molecule has 8 heteroatoms. The van der Waals surface area contributed by atoms with Crippen LogP contribution in [0.25, 0.3) is 17.0 Å². The van der Waals surface area contributed by atoms with Crippen LogP contribution in [0.4, 0.5) is 8.78 Å². The van der Waals surface area contributed by atoms with Gasteiger partial charge in [0.05, 0.1) is 19.0 Å². The minimum absolute atomic E-state index is 0.0926. The van der Waals surface area contributed by atoms with Crippen molar-refractivity contribution in [3.8, 4) is 23.0 Å². The lowest BCUT2D eigenvalue weighted by Crippen LogP contribution is -2.17. The Morgan fingerprint density at radius 1 is 1.07 bits per heavy atom. The highest BCUT2D eigenvalue weighted by molar-refractivity contribution is 5.61. The van der Waals surface area contributed by atoms with E-state index >= 15 is 0 Å². The first-order valence-electron chi connectivity index (χ1n) is 9.23. The molecule has 1 fully saturated rings. The summed E-state index contributed by atoms with van der Waals surface area (Å²) < 4.78 is 37.0. The van der Waals surface area contributed by atoms with Crippen molar-refractivity contribution < 1.29 is 18.3 Å². The number of nitrogens with zero attached hydrogens (tertiary/aromatic N) is 4. The number of halogens is 2. The van der Waals surface area contributed by atoms with E-state index < -0.39 is 6.61 Å². The minimum Gasteiger partial charge on any atom is -0.477 e. The minimum atomic E-state index is -2.86. The van der Waals surface area contributed by atoms with E-state index in [4.69, 9.17) is 4.74 Å². The van der Waals surface area contributed by atoms with Crippen LogP contribution in [0.15, 0.2) is 48.8 Å². The van der Waals surface area contributed by atoms with E-state index in [1.54, 1.807) is 28.9 Å². The van der Waals surface area contributed by atoms with Crippen molar-refractivity contribution in [2.75, 3.05) is 6.61 Å². The molecule has 0 saturated heterocycles. The Morgan fingerprint density at radius 2 is 1.93 bits per heavy atom. The van der Waals surface area contributed by atoms with Crippen LogP contribution in [0.1, 0.15) is 12.8 Å². The van der Waals surface area contributed by atoms with Crippen LogP contribution in [0, 0.1) is 17.8 Å². The number of aromatic nitrogens is 4. The zero-order chi connectivity index (χ0) is 19.1. The number of benzene rings is 1. The lowest BCUT2D eigenvalue weighted by molar-refractivity contribution is -0.0498. The zero-order valence-corrected chi connectivity index (χ0v) is 14.9. The van der Waals surface area contributed by atoms with Gasteiger partial charge in [-0.3, -0.25) is 4.98 Å². The summed E-state index contributed by atoms with van der Waals surface area (Å²) in [5.74, 6) is 3.01. The van der Waals surface area contributed by atoms with E-state index in [0.29, 0.717) is 47.3 Å². The van der Waals surface area contributed by atoms with Crippen LogP contribution in [-0.4, -0.2) is 32.8 Å². The first-order valence-corrected chi connectivity index (χ1v) is 9.23. The van der Waals surface area contributed by atoms with Gasteiger partial charge in [-0.1, -0.05) is 12.2 Å². The monoisotopic (exact) mass is 384 g/mol. The highest BCUT2D eigenvalue weighted by Crippen LogP contribution is 2.43. The lowest BCUT2D eigenvalue weighted by Gasteiger charge is -2.19. The molecule has 0 spiro atoms. The van der Waals surface area contributed by atoms with Crippen molar-refractivity contribution in [3.05, 3.63) is 48.8 Å². The van der Waals surface area contributed by atoms with E-state index in [2.05, 4.69) is 32.1 Å². The summed E-state index contributed by atoms with van der Waals surface area (Å²) in [6.07, 6.45) is 10.2. The number of rotatable bonds is 6. The molecule has 28 heavy (non-hydrogen) atoms. The predicted octanol–water partition coefficient (Wildman–Crippen LogP) is 3.98. The molecule has 1 aromatic carbocycles. The lowest BCUT2D eigenvalue weighted by atomic mass is 9.95. The van der Waals surface area contributed by atoms with Crippen molar-refractivity contribution in [1.29, 1.82) is 0 Å². The van der Waals surface area contributed by atoms with Crippen LogP contribution < -0.4 is 9.47 Å². The molecule has 3 aromatic rings. The second-order valence-electron chi connectivity index (χ2n) is 7.22. The first-order chi connectivity index (χ1) is 13.7. The first kappa shape index (κ1) is 17.1. The second-order valence-corrected chi connectivity index (χ2v) is 7.22. The van der Waals surface area contributed by atoms with Crippen LogP contribution in [0.2, 0.25) is 0 Å². The van der Waals surface area contributed by atoms with Crippen molar-refractivity contribution in [2.45, 2.75) is 19.5 Å². The van der Waals surface area contributed by atoms with Crippen molar-refractivity contribution in [1.82, 2.24) is 19.6 Å². The summed E-state index contributed by atoms with van der Waals surface area (Å²) in [5, 5.41) is 8.38. The average molecular weight is 384 g/mol. The average Bonchev–Trinajstić information content (AvgIpc) is 3.42. The Morgan fingerprint density at radius 3 is 2.64 bits per heavy atom. The highest BCUT2D eigenvalue weighted by Gasteiger charge is 2.36. The molecule has 2 aromatic heterocycles. The number of hydrogen-bond donors (Lipinski definition) is 0. The number of fused-ring (bicyclic) bond motifs is 3. The molecule has 3 atom stereocenters. The maximum Gasteiger partial charge on any atom is 0.387 e. The Labute approximate surface area is 159 Å². The normalized spacial score (nSPS) is 23.0. The van der Waals surface area contributed by atoms with Gasteiger partial charge in [-0.15, -0.1) is 10.2 Å². The fourth-order valence-corrected chi connectivity index (χ4v) is 4.18. The van der Waals surface area contributed by atoms with Crippen molar-refractivity contribution in [2.24, 2.45) is 17.8 Å². The molecule has 0 N–H and O–H groups in total. The van der Waals surface area contributed by atoms with Crippen LogP contribution in [0.3, 0.4) is 0 Å². The topological polar surface area (TPSA) is 61.5 Å². The Kier molecular flexibility index (Phi) is 4.18. The Hall–Kier alpha value is -3.03. The molecule has 144 valence electrons. The molecule has 0 aliphatic heterocycles. The summed E-state index contributed by atoms with van der Waals surface area (Å²) in [6, 6.07) is 6.29. The highest BCUT2D eigenvalue weighted by atomic mass is 19.3. The molecular weight excluding hydrogens is 366 g/mol. The molecule has 1 unspecified atom stereocenters. The number of hydrogen-bond acceptors (Lipinski definition) is 5. The molecular formula is C20H18F2N4O2. The fourth-order valence-electron chi connectivity index (χ4n) is 4.18. The van der Waals surface area contributed by atoms with Gasteiger partial charge in [0.2, 0.25) is 5.88 Å². The molecule has 0 radical (unpaired) electrons. The van der Waals surface area contributed by atoms with Crippen molar-refractivity contribution in [3.63, 3.8) is 0 Å². The molecule has 2 heterocycles. The fraction of sp³-hybridized carbons (Fsp3) is 0.350. The van der Waals surface area contributed by atoms with E-state index in [-0.39, 0.29) is 5.75 Å². The summed E-state index contributed by atoms with van der Waals surface area (Å²) >= 11 is 0. The second kappa shape index (κ2) is 6.85. The smallest absolute Gasteiger partial charge is 0.387 e. The Bertz CT molecular complexity index is 1020.